The first-order valence-corrected chi connectivity index (χ1v) is 6.26. The number of rotatable bonds is 6. The van der Waals surface area contributed by atoms with Crippen LogP contribution in [-0.2, 0) is 11.3 Å². The average molecular weight is 236 g/mol. The van der Waals surface area contributed by atoms with Crippen molar-refractivity contribution in [2.45, 2.75) is 33.8 Å². The molecule has 0 aliphatic rings. The summed E-state index contributed by atoms with van der Waals surface area (Å²) < 4.78 is 5.64. The van der Waals surface area contributed by atoms with E-state index in [1.165, 1.54) is 5.56 Å². The van der Waals surface area contributed by atoms with Gasteiger partial charge in [0.15, 0.2) is 0 Å². The monoisotopic (exact) mass is 236 g/mol. The molecule has 96 valence electrons. The van der Waals surface area contributed by atoms with Gasteiger partial charge in [-0.25, -0.2) is 0 Å². The molecule has 0 aliphatic heterocycles. The molecular formula is C15H24O2. The molecule has 1 aromatic carbocycles. The maximum absolute atomic E-state index is 9.32. The molecule has 0 heterocycles. The number of benzene rings is 1. The molecule has 0 unspecified atom stereocenters. The predicted octanol–water partition coefficient (Wildman–Crippen LogP) is 3.25. The normalized spacial score (nSPS) is 13.6. The quantitative estimate of drug-likeness (QED) is 0.768. The lowest BCUT2D eigenvalue weighted by Gasteiger charge is -2.28. The number of hydrogen-bond donors (Lipinski definition) is 1. The van der Waals surface area contributed by atoms with Gasteiger partial charge >= 0.3 is 0 Å². The van der Waals surface area contributed by atoms with Crippen LogP contribution in [0.4, 0.5) is 0 Å². The molecule has 0 spiro atoms. The van der Waals surface area contributed by atoms with Crippen molar-refractivity contribution in [1.29, 1.82) is 0 Å². The molecule has 1 atom stereocenters. The molecule has 1 rings (SSSR count). The van der Waals surface area contributed by atoms with Crippen LogP contribution in [0, 0.1) is 11.3 Å². The van der Waals surface area contributed by atoms with Gasteiger partial charge in [-0.1, -0.05) is 51.1 Å². The van der Waals surface area contributed by atoms with Gasteiger partial charge in [-0.05, 0) is 23.3 Å². The van der Waals surface area contributed by atoms with Gasteiger partial charge in [0.05, 0.1) is 6.61 Å². The average Bonchev–Trinajstić information content (AvgIpc) is 2.28. The molecule has 0 aliphatic carbocycles. The smallest absolute Gasteiger partial charge is 0.0716 e. The van der Waals surface area contributed by atoms with Crippen LogP contribution in [0.15, 0.2) is 30.3 Å². The van der Waals surface area contributed by atoms with Crippen molar-refractivity contribution in [1.82, 2.24) is 0 Å². The van der Waals surface area contributed by atoms with Crippen LogP contribution in [0.1, 0.15) is 32.8 Å². The predicted molar refractivity (Wildman–Crippen MR) is 70.7 cm³/mol. The second-order valence-electron chi connectivity index (χ2n) is 5.57. The van der Waals surface area contributed by atoms with Crippen molar-refractivity contribution < 1.29 is 9.84 Å². The maximum Gasteiger partial charge on any atom is 0.0716 e. The molecule has 2 heteroatoms. The van der Waals surface area contributed by atoms with E-state index in [9.17, 15) is 5.11 Å². The van der Waals surface area contributed by atoms with E-state index in [1.54, 1.807) is 0 Å². The summed E-state index contributed by atoms with van der Waals surface area (Å²) >= 11 is 0. The van der Waals surface area contributed by atoms with Crippen LogP contribution in [0.25, 0.3) is 0 Å². The van der Waals surface area contributed by atoms with Gasteiger partial charge in [-0.3, -0.25) is 0 Å². The first-order chi connectivity index (χ1) is 8.04. The molecule has 0 saturated carbocycles. The molecule has 17 heavy (non-hydrogen) atoms. The van der Waals surface area contributed by atoms with Crippen molar-refractivity contribution in [2.75, 3.05) is 13.2 Å². The van der Waals surface area contributed by atoms with Crippen molar-refractivity contribution >= 4 is 0 Å². The largest absolute Gasteiger partial charge is 0.396 e. The Bertz CT molecular complexity index is 300. The highest BCUT2D eigenvalue weighted by Gasteiger charge is 2.23. The third kappa shape index (κ3) is 5.33. The van der Waals surface area contributed by atoms with Crippen LogP contribution in [0.3, 0.4) is 0 Å². The van der Waals surface area contributed by atoms with Gasteiger partial charge in [0.2, 0.25) is 0 Å². The minimum Gasteiger partial charge on any atom is -0.396 e. The highest BCUT2D eigenvalue weighted by atomic mass is 16.5. The van der Waals surface area contributed by atoms with Crippen molar-refractivity contribution in [2.24, 2.45) is 11.3 Å². The van der Waals surface area contributed by atoms with Gasteiger partial charge < -0.3 is 9.84 Å². The summed E-state index contributed by atoms with van der Waals surface area (Å²) in [5.41, 5.74) is 1.34. The summed E-state index contributed by atoms with van der Waals surface area (Å²) in [5, 5.41) is 9.32. The molecule has 1 N–H and O–H groups in total. The molecule has 2 nitrogen and oxygen atoms in total. The highest BCUT2D eigenvalue weighted by Crippen LogP contribution is 2.28. The first-order valence-electron chi connectivity index (χ1n) is 6.26. The Kier molecular flexibility index (Phi) is 5.66. The summed E-state index contributed by atoms with van der Waals surface area (Å²) in [5.74, 6) is 0.304. The lowest BCUT2D eigenvalue weighted by molar-refractivity contribution is 0.0611. The lowest BCUT2D eigenvalue weighted by atomic mass is 9.79. The zero-order valence-electron chi connectivity index (χ0n) is 11.1. The zero-order valence-corrected chi connectivity index (χ0v) is 11.1. The Morgan fingerprint density at radius 1 is 1.18 bits per heavy atom. The Balaban J connectivity index is 2.24. The van der Waals surface area contributed by atoms with Crippen molar-refractivity contribution in [3.05, 3.63) is 35.9 Å². The fourth-order valence-electron chi connectivity index (χ4n) is 1.79. The Hall–Kier alpha value is -0.860. The molecule has 1 aromatic rings. The first kappa shape index (κ1) is 14.2. The second kappa shape index (κ2) is 6.77. The van der Waals surface area contributed by atoms with E-state index in [4.69, 9.17) is 4.74 Å². The molecule has 0 saturated heterocycles. The summed E-state index contributed by atoms with van der Waals surface area (Å²) in [6.07, 6.45) is 0.910. The Morgan fingerprint density at radius 2 is 1.82 bits per heavy atom. The van der Waals surface area contributed by atoms with E-state index in [2.05, 4.69) is 32.9 Å². The van der Waals surface area contributed by atoms with Gasteiger partial charge in [0, 0.05) is 13.2 Å². The van der Waals surface area contributed by atoms with Crippen molar-refractivity contribution in [3.63, 3.8) is 0 Å². The lowest BCUT2D eigenvalue weighted by Crippen LogP contribution is -2.25. The van der Waals surface area contributed by atoms with Crippen LogP contribution >= 0.6 is 0 Å². The van der Waals surface area contributed by atoms with Crippen LogP contribution in [-0.4, -0.2) is 18.3 Å². The van der Waals surface area contributed by atoms with Crippen LogP contribution in [0.2, 0.25) is 0 Å². The number of aliphatic hydroxyl groups excluding tert-OH is 1. The second-order valence-corrected chi connectivity index (χ2v) is 5.57. The van der Waals surface area contributed by atoms with E-state index in [0.717, 1.165) is 6.42 Å². The third-order valence-electron chi connectivity index (χ3n) is 3.17. The molecular weight excluding hydrogens is 212 g/mol. The molecule has 0 bridgehead atoms. The molecule has 0 amide bonds. The zero-order chi connectivity index (χ0) is 12.7. The van der Waals surface area contributed by atoms with E-state index in [-0.39, 0.29) is 12.0 Å². The number of hydrogen-bond acceptors (Lipinski definition) is 2. The number of ether oxygens (including phenoxy) is 1. The third-order valence-corrected chi connectivity index (χ3v) is 3.17. The van der Waals surface area contributed by atoms with Crippen LogP contribution < -0.4 is 0 Å². The summed E-state index contributed by atoms with van der Waals surface area (Å²) in [6, 6.07) is 10.2. The SMILES string of the molecule is CC(C)(C)[C@H](CO)CCOCc1ccccc1. The van der Waals surface area contributed by atoms with E-state index in [1.807, 2.05) is 18.2 Å². The van der Waals surface area contributed by atoms with Gasteiger partial charge in [-0.15, -0.1) is 0 Å². The molecule has 0 aromatic heterocycles. The fraction of sp³-hybridized carbons (Fsp3) is 0.600. The van der Waals surface area contributed by atoms with Gasteiger partial charge in [0.1, 0.15) is 0 Å². The summed E-state index contributed by atoms with van der Waals surface area (Å²) in [7, 11) is 0. The minimum absolute atomic E-state index is 0.144. The highest BCUT2D eigenvalue weighted by molar-refractivity contribution is 5.13. The summed E-state index contributed by atoms with van der Waals surface area (Å²) in [6.45, 7) is 8.07. The fourth-order valence-corrected chi connectivity index (χ4v) is 1.79. The summed E-state index contributed by atoms with van der Waals surface area (Å²) in [4.78, 5) is 0. The van der Waals surface area contributed by atoms with Crippen molar-refractivity contribution in [3.8, 4) is 0 Å². The topological polar surface area (TPSA) is 29.5 Å². The van der Waals surface area contributed by atoms with Gasteiger partial charge in [-0.2, -0.15) is 0 Å². The Morgan fingerprint density at radius 3 is 2.35 bits per heavy atom. The van der Waals surface area contributed by atoms with Crippen LogP contribution in [0.5, 0.6) is 0 Å². The number of aliphatic hydroxyl groups is 1. The van der Waals surface area contributed by atoms with E-state index < -0.39 is 0 Å². The van der Waals surface area contributed by atoms with Gasteiger partial charge in [0.25, 0.3) is 0 Å². The van der Waals surface area contributed by atoms with E-state index >= 15 is 0 Å². The Labute approximate surface area is 105 Å². The molecule has 0 fully saturated rings. The minimum atomic E-state index is 0.144. The standard InChI is InChI=1S/C15H24O2/c1-15(2,3)14(11-16)9-10-17-12-13-7-5-4-6-8-13/h4-8,14,16H,9-12H2,1-3H3/t14-/m0/s1. The maximum atomic E-state index is 9.32. The van der Waals surface area contributed by atoms with E-state index in [0.29, 0.717) is 19.1 Å². The molecule has 0 radical (unpaired) electrons.